The molecule has 1 fully saturated rings. The highest BCUT2D eigenvalue weighted by Crippen LogP contribution is 2.35. The summed E-state index contributed by atoms with van der Waals surface area (Å²) < 4.78 is 0.782. The van der Waals surface area contributed by atoms with E-state index in [-0.39, 0.29) is 5.91 Å². The van der Waals surface area contributed by atoms with E-state index in [0.29, 0.717) is 15.7 Å². The molecule has 2 rings (SSSR count). The van der Waals surface area contributed by atoms with Crippen molar-refractivity contribution in [2.24, 2.45) is 0 Å². The van der Waals surface area contributed by atoms with Crippen LogP contribution in [-0.4, -0.2) is 18.0 Å². The fourth-order valence-electron chi connectivity index (χ4n) is 2.36. The second-order valence-corrected chi connectivity index (χ2v) is 6.39. The summed E-state index contributed by atoms with van der Waals surface area (Å²) in [6.45, 7) is 2.87. The first-order valence-corrected chi connectivity index (χ1v) is 7.74. The molecule has 1 heterocycles. The highest BCUT2D eigenvalue weighted by molar-refractivity contribution is 9.10. The van der Waals surface area contributed by atoms with Crippen molar-refractivity contribution < 1.29 is 4.79 Å². The molecule has 1 amide bonds. The Morgan fingerprint density at radius 1 is 1.47 bits per heavy atom. The van der Waals surface area contributed by atoms with Gasteiger partial charge < -0.3 is 10.6 Å². The number of carbonyl (C=O) groups is 1. The van der Waals surface area contributed by atoms with Crippen LogP contribution in [-0.2, 0) is 4.79 Å². The summed E-state index contributed by atoms with van der Waals surface area (Å²) in [7, 11) is 0. The predicted octanol–water partition coefficient (Wildman–Crippen LogP) is 4.23. The zero-order chi connectivity index (χ0) is 14.0. The number of hydrogen-bond donors (Lipinski definition) is 2. The molecule has 3 nitrogen and oxygen atoms in total. The van der Waals surface area contributed by atoms with Gasteiger partial charge in [-0.1, -0.05) is 46.1 Å². The monoisotopic (exact) mass is 364 g/mol. The summed E-state index contributed by atoms with van der Waals surface area (Å²) in [5, 5.41) is 6.99. The molecule has 6 heteroatoms. The van der Waals surface area contributed by atoms with Crippen LogP contribution in [0.5, 0.6) is 0 Å². The Morgan fingerprint density at radius 3 is 2.58 bits per heavy atom. The molecule has 1 saturated heterocycles. The Labute approximate surface area is 131 Å². The van der Waals surface area contributed by atoms with E-state index in [0.717, 1.165) is 30.3 Å². The van der Waals surface area contributed by atoms with Crippen LogP contribution in [0.2, 0.25) is 10.0 Å². The molecule has 1 aromatic carbocycles. The molecule has 0 saturated carbocycles. The van der Waals surface area contributed by atoms with Gasteiger partial charge in [0.05, 0.1) is 21.3 Å². The Bertz CT molecular complexity index is 478. The molecule has 2 N–H and O–H groups in total. The Hall–Kier alpha value is -0.290. The quantitative estimate of drug-likeness (QED) is 0.841. The third-order valence-corrected chi connectivity index (χ3v) is 4.58. The summed E-state index contributed by atoms with van der Waals surface area (Å²) in [4.78, 5) is 12.5. The summed E-state index contributed by atoms with van der Waals surface area (Å²) in [6, 6.07) is 3.42. The maximum Gasteiger partial charge on any atom is 0.244 e. The molecule has 0 aromatic heterocycles. The number of nitrogens with one attached hydrogen (secondary N) is 2. The number of hydrogen-bond acceptors (Lipinski definition) is 2. The van der Waals surface area contributed by atoms with Crippen LogP contribution >= 0.6 is 39.1 Å². The number of carbonyl (C=O) groups excluding carboxylic acids is 1. The van der Waals surface area contributed by atoms with Crippen molar-refractivity contribution in [3.63, 3.8) is 0 Å². The standard InChI is InChI=1S/C13H15BrCl2N2O/c1-2-13(4-3-5-17-13)12(19)18-11-9(15)6-8(14)7-10(11)16/h6-7,17H,2-5H2,1H3,(H,18,19). The SMILES string of the molecule is CCC1(C(=O)Nc2c(Cl)cc(Br)cc2Cl)CCCN1. The van der Waals surface area contributed by atoms with E-state index in [1.54, 1.807) is 12.1 Å². The highest BCUT2D eigenvalue weighted by atomic mass is 79.9. The minimum atomic E-state index is -0.500. The lowest BCUT2D eigenvalue weighted by Crippen LogP contribution is -2.50. The minimum Gasteiger partial charge on any atom is -0.322 e. The lowest BCUT2D eigenvalue weighted by Gasteiger charge is -2.27. The van der Waals surface area contributed by atoms with Crippen molar-refractivity contribution in [3.05, 3.63) is 26.7 Å². The second kappa shape index (κ2) is 6.00. The first kappa shape index (κ1) is 15.1. The van der Waals surface area contributed by atoms with E-state index in [1.165, 1.54) is 0 Å². The summed E-state index contributed by atoms with van der Waals surface area (Å²) in [5.41, 5.74) is -0.0298. The molecule has 1 aliphatic heterocycles. The van der Waals surface area contributed by atoms with Gasteiger partial charge in [0.15, 0.2) is 0 Å². The molecule has 104 valence electrons. The maximum absolute atomic E-state index is 12.5. The summed E-state index contributed by atoms with van der Waals surface area (Å²) >= 11 is 15.6. The predicted molar refractivity (Wildman–Crippen MR) is 83.1 cm³/mol. The van der Waals surface area contributed by atoms with E-state index in [1.807, 2.05) is 6.92 Å². The lowest BCUT2D eigenvalue weighted by molar-refractivity contribution is -0.122. The number of amides is 1. The third kappa shape index (κ3) is 3.07. The molecule has 0 radical (unpaired) electrons. The van der Waals surface area contributed by atoms with Crippen LogP contribution in [0.15, 0.2) is 16.6 Å². The number of rotatable bonds is 3. The molecule has 1 aromatic rings. The van der Waals surface area contributed by atoms with Gasteiger partial charge in [-0.2, -0.15) is 0 Å². The van der Waals surface area contributed by atoms with Crippen LogP contribution in [0.25, 0.3) is 0 Å². The van der Waals surface area contributed by atoms with Gasteiger partial charge in [0, 0.05) is 4.47 Å². The zero-order valence-electron chi connectivity index (χ0n) is 10.5. The van der Waals surface area contributed by atoms with E-state index in [9.17, 15) is 4.79 Å². The van der Waals surface area contributed by atoms with Gasteiger partial charge in [-0.25, -0.2) is 0 Å². The Morgan fingerprint density at radius 2 is 2.11 bits per heavy atom. The third-order valence-electron chi connectivity index (χ3n) is 3.53. The largest absolute Gasteiger partial charge is 0.322 e. The van der Waals surface area contributed by atoms with Crippen molar-refractivity contribution in [1.82, 2.24) is 5.32 Å². The minimum absolute atomic E-state index is 0.0707. The molecule has 0 spiro atoms. The van der Waals surface area contributed by atoms with Crippen molar-refractivity contribution in [3.8, 4) is 0 Å². The fourth-order valence-corrected chi connectivity index (χ4v) is 3.66. The van der Waals surface area contributed by atoms with E-state index in [2.05, 4.69) is 26.6 Å². The van der Waals surface area contributed by atoms with Crippen LogP contribution in [0.4, 0.5) is 5.69 Å². The molecule has 1 aliphatic rings. The molecule has 1 atom stereocenters. The average molecular weight is 366 g/mol. The van der Waals surface area contributed by atoms with E-state index >= 15 is 0 Å². The van der Waals surface area contributed by atoms with Gasteiger partial charge in [0.1, 0.15) is 0 Å². The van der Waals surface area contributed by atoms with Crippen molar-refractivity contribution in [2.45, 2.75) is 31.7 Å². The molecule has 0 aliphatic carbocycles. The van der Waals surface area contributed by atoms with Gasteiger partial charge in [-0.3, -0.25) is 4.79 Å². The van der Waals surface area contributed by atoms with Crippen LogP contribution in [0.3, 0.4) is 0 Å². The zero-order valence-corrected chi connectivity index (χ0v) is 13.6. The smallest absolute Gasteiger partial charge is 0.244 e. The molecule has 19 heavy (non-hydrogen) atoms. The number of benzene rings is 1. The van der Waals surface area contributed by atoms with Crippen LogP contribution in [0.1, 0.15) is 26.2 Å². The van der Waals surface area contributed by atoms with Crippen molar-refractivity contribution in [2.75, 3.05) is 11.9 Å². The van der Waals surface area contributed by atoms with Crippen molar-refractivity contribution in [1.29, 1.82) is 0 Å². The topological polar surface area (TPSA) is 41.1 Å². The number of halogens is 3. The van der Waals surface area contributed by atoms with E-state index < -0.39 is 5.54 Å². The lowest BCUT2D eigenvalue weighted by atomic mass is 9.93. The van der Waals surface area contributed by atoms with Crippen LogP contribution in [0, 0.1) is 0 Å². The number of anilines is 1. The maximum atomic E-state index is 12.5. The fraction of sp³-hybridized carbons (Fsp3) is 0.462. The summed E-state index contributed by atoms with van der Waals surface area (Å²) in [6.07, 6.45) is 2.58. The highest BCUT2D eigenvalue weighted by Gasteiger charge is 2.39. The second-order valence-electron chi connectivity index (χ2n) is 4.66. The Balaban J connectivity index is 2.24. The van der Waals surface area contributed by atoms with Gasteiger partial charge in [0.2, 0.25) is 5.91 Å². The molecule has 0 bridgehead atoms. The first-order valence-electron chi connectivity index (χ1n) is 6.19. The van der Waals surface area contributed by atoms with Gasteiger partial charge >= 0.3 is 0 Å². The van der Waals surface area contributed by atoms with Gasteiger partial charge in [-0.05, 0) is 37.9 Å². The summed E-state index contributed by atoms with van der Waals surface area (Å²) in [5.74, 6) is -0.0707. The Kier molecular flexibility index (Phi) is 4.77. The first-order chi connectivity index (χ1) is 8.98. The van der Waals surface area contributed by atoms with Gasteiger partial charge in [-0.15, -0.1) is 0 Å². The van der Waals surface area contributed by atoms with E-state index in [4.69, 9.17) is 23.2 Å². The van der Waals surface area contributed by atoms with Crippen molar-refractivity contribution >= 4 is 50.7 Å². The molecule has 1 unspecified atom stereocenters. The average Bonchev–Trinajstić information content (AvgIpc) is 2.83. The molecular formula is C13H15BrCl2N2O. The normalized spacial score (nSPS) is 22.5. The van der Waals surface area contributed by atoms with Crippen LogP contribution < -0.4 is 10.6 Å². The molecular weight excluding hydrogens is 351 g/mol. The van der Waals surface area contributed by atoms with Gasteiger partial charge in [0.25, 0.3) is 0 Å².